The van der Waals surface area contributed by atoms with E-state index in [4.69, 9.17) is 5.73 Å². The molecule has 17 heavy (non-hydrogen) atoms. The zero-order chi connectivity index (χ0) is 12.7. The van der Waals surface area contributed by atoms with E-state index in [1.807, 2.05) is 0 Å². The van der Waals surface area contributed by atoms with E-state index in [0.717, 1.165) is 23.5 Å². The second-order valence-corrected chi connectivity index (χ2v) is 6.66. The van der Waals surface area contributed by atoms with Crippen molar-refractivity contribution in [1.82, 2.24) is 10.3 Å². The number of rotatable bonds is 3. The van der Waals surface area contributed by atoms with Gasteiger partial charge in [-0.15, -0.1) is 11.3 Å². The Morgan fingerprint density at radius 2 is 2.24 bits per heavy atom. The minimum absolute atomic E-state index is 0.0509. The molecule has 0 unspecified atom stereocenters. The van der Waals surface area contributed by atoms with Gasteiger partial charge in [0.2, 0.25) is 5.91 Å². The van der Waals surface area contributed by atoms with Crippen LogP contribution in [0.5, 0.6) is 0 Å². The number of nitrogens with zero attached hydrogens (tertiary/aromatic N) is 1. The van der Waals surface area contributed by atoms with E-state index in [0.29, 0.717) is 6.54 Å². The Labute approximate surface area is 106 Å². The third kappa shape index (κ3) is 2.84. The third-order valence-electron chi connectivity index (χ3n) is 2.96. The van der Waals surface area contributed by atoms with E-state index in [-0.39, 0.29) is 11.3 Å². The number of carbonyl (C=O) groups excluding carboxylic acids is 1. The number of hydrogen-bond acceptors (Lipinski definition) is 4. The number of carbonyl (C=O) groups is 1. The second-order valence-electron chi connectivity index (χ2n) is 5.72. The summed E-state index contributed by atoms with van der Waals surface area (Å²) in [5.41, 5.74) is 6.34. The molecule has 0 radical (unpaired) electrons. The monoisotopic (exact) mass is 253 g/mol. The molecule has 1 heterocycles. The number of nitrogens with two attached hydrogens (primary N) is 1. The summed E-state index contributed by atoms with van der Waals surface area (Å²) in [6, 6.07) is 0. The largest absolute Gasteiger partial charge is 0.348 e. The van der Waals surface area contributed by atoms with Crippen molar-refractivity contribution in [3.63, 3.8) is 0 Å². The van der Waals surface area contributed by atoms with Gasteiger partial charge in [-0.1, -0.05) is 20.8 Å². The number of thiazole rings is 1. The van der Waals surface area contributed by atoms with Gasteiger partial charge in [-0.2, -0.15) is 0 Å². The van der Waals surface area contributed by atoms with Crippen LogP contribution in [0.4, 0.5) is 0 Å². The van der Waals surface area contributed by atoms with E-state index in [1.165, 1.54) is 0 Å². The Hall–Kier alpha value is -0.940. The molecule has 5 heteroatoms. The van der Waals surface area contributed by atoms with E-state index in [1.54, 1.807) is 11.3 Å². The number of aromatic nitrogens is 1. The molecule has 0 aromatic carbocycles. The molecule has 1 aromatic heterocycles. The maximum absolute atomic E-state index is 11.6. The second kappa shape index (κ2) is 4.07. The highest BCUT2D eigenvalue weighted by molar-refractivity contribution is 7.09. The fourth-order valence-corrected chi connectivity index (χ4v) is 2.39. The first-order valence-corrected chi connectivity index (χ1v) is 6.71. The Bertz CT molecular complexity index is 429. The number of hydrogen-bond donors (Lipinski definition) is 2. The molecule has 0 aliphatic heterocycles. The van der Waals surface area contributed by atoms with E-state index < -0.39 is 5.54 Å². The van der Waals surface area contributed by atoms with Gasteiger partial charge in [0.05, 0.1) is 17.8 Å². The lowest BCUT2D eigenvalue weighted by molar-refractivity contribution is -0.123. The van der Waals surface area contributed by atoms with Crippen LogP contribution in [0.15, 0.2) is 5.38 Å². The summed E-state index contributed by atoms with van der Waals surface area (Å²) in [5.74, 6) is -0.0509. The van der Waals surface area contributed by atoms with Crippen LogP contribution in [-0.2, 0) is 16.8 Å². The summed E-state index contributed by atoms with van der Waals surface area (Å²) in [6.45, 7) is 6.87. The fourth-order valence-electron chi connectivity index (χ4n) is 1.43. The minimum Gasteiger partial charge on any atom is -0.348 e. The fraction of sp³-hybridized carbons (Fsp3) is 0.667. The molecule has 1 saturated carbocycles. The molecule has 0 atom stereocenters. The maximum Gasteiger partial charge on any atom is 0.240 e. The number of amides is 1. The van der Waals surface area contributed by atoms with Crippen molar-refractivity contribution in [3.05, 3.63) is 16.1 Å². The Morgan fingerprint density at radius 1 is 1.59 bits per heavy atom. The lowest BCUT2D eigenvalue weighted by Gasteiger charge is -2.14. The quantitative estimate of drug-likeness (QED) is 0.858. The molecule has 0 bridgehead atoms. The zero-order valence-corrected chi connectivity index (χ0v) is 11.4. The molecule has 0 saturated heterocycles. The SMILES string of the molecule is CC(C)(C)c1csc(CNC(=O)C2(N)CC2)n1. The molecule has 4 nitrogen and oxygen atoms in total. The first kappa shape index (κ1) is 12.5. The third-order valence-corrected chi connectivity index (χ3v) is 3.81. The van der Waals surface area contributed by atoms with Crippen molar-refractivity contribution in [2.75, 3.05) is 0 Å². The Morgan fingerprint density at radius 3 is 2.71 bits per heavy atom. The summed E-state index contributed by atoms with van der Waals surface area (Å²) in [5, 5.41) is 5.84. The minimum atomic E-state index is -0.593. The molecule has 1 aliphatic rings. The normalized spacial score (nSPS) is 17.9. The maximum atomic E-state index is 11.6. The molecule has 3 N–H and O–H groups in total. The van der Waals surface area contributed by atoms with Crippen LogP contribution >= 0.6 is 11.3 Å². The zero-order valence-electron chi connectivity index (χ0n) is 10.5. The van der Waals surface area contributed by atoms with Crippen LogP contribution in [0.1, 0.15) is 44.3 Å². The highest BCUT2D eigenvalue weighted by Gasteiger charge is 2.45. The van der Waals surface area contributed by atoms with Crippen LogP contribution in [0.2, 0.25) is 0 Å². The molecule has 1 aliphatic carbocycles. The van der Waals surface area contributed by atoms with Gasteiger partial charge in [-0.25, -0.2) is 4.98 Å². The van der Waals surface area contributed by atoms with Crippen LogP contribution in [0, 0.1) is 0 Å². The topological polar surface area (TPSA) is 68.0 Å². The lowest BCUT2D eigenvalue weighted by atomic mass is 9.93. The van der Waals surface area contributed by atoms with Crippen molar-refractivity contribution in [1.29, 1.82) is 0 Å². The molecule has 0 spiro atoms. The van der Waals surface area contributed by atoms with Gasteiger partial charge in [0.25, 0.3) is 0 Å². The predicted molar refractivity (Wildman–Crippen MR) is 68.8 cm³/mol. The van der Waals surface area contributed by atoms with Crippen LogP contribution in [-0.4, -0.2) is 16.4 Å². The van der Waals surface area contributed by atoms with E-state index in [9.17, 15) is 4.79 Å². The summed E-state index contributed by atoms with van der Waals surface area (Å²) >= 11 is 1.58. The van der Waals surface area contributed by atoms with Gasteiger partial charge < -0.3 is 11.1 Å². The molecule has 2 rings (SSSR count). The lowest BCUT2D eigenvalue weighted by Crippen LogP contribution is -2.42. The predicted octanol–water partition coefficient (Wildman–Crippen LogP) is 1.55. The molecule has 1 aromatic rings. The van der Waals surface area contributed by atoms with Gasteiger partial charge in [-0.05, 0) is 12.8 Å². The first-order valence-electron chi connectivity index (χ1n) is 5.83. The van der Waals surface area contributed by atoms with Crippen molar-refractivity contribution < 1.29 is 4.79 Å². The van der Waals surface area contributed by atoms with Gasteiger partial charge in [0.1, 0.15) is 5.01 Å². The van der Waals surface area contributed by atoms with Crippen molar-refractivity contribution in [2.45, 2.75) is 51.1 Å². The van der Waals surface area contributed by atoms with Crippen LogP contribution < -0.4 is 11.1 Å². The standard InChI is InChI=1S/C12H19N3OS/c1-11(2,3)8-7-17-9(15-8)6-14-10(16)12(13)4-5-12/h7H,4-6,13H2,1-3H3,(H,14,16). The average molecular weight is 253 g/mol. The van der Waals surface area contributed by atoms with Crippen molar-refractivity contribution in [2.24, 2.45) is 5.73 Å². The molecule has 94 valence electrons. The molecular weight excluding hydrogens is 234 g/mol. The summed E-state index contributed by atoms with van der Waals surface area (Å²) < 4.78 is 0. The number of nitrogens with one attached hydrogen (secondary N) is 1. The highest BCUT2D eigenvalue weighted by atomic mass is 32.1. The summed E-state index contributed by atoms with van der Waals surface area (Å²) in [6.07, 6.45) is 1.59. The Balaban J connectivity index is 1.91. The van der Waals surface area contributed by atoms with Crippen molar-refractivity contribution >= 4 is 17.2 Å². The average Bonchev–Trinajstić information content (AvgIpc) is 2.81. The molecule has 1 fully saturated rings. The van der Waals surface area contributed by atoms with Gasteiger partial charge in [0, 0.05) is 10.8 Å². The van der Waals surface area contributed by atoms with E-state index >= 15 is 0 Å². The molecular formula is C12H19N3OS. The van der Waals surface area contributed by atoms with E-state index in [2.05, 4.69) is 36.5 Å². The highest BCUT2D eigenvalue weighted by Crippen LogP contribution is 2.32. The summed E-state index contributed by atoms with van der Waals surface area (Å²) in [7, 11) is 0. The smallest absolute Gasteiger partial charge is 0.240 e. The van der Waals surface area contributed by atoms with Crippen LogP contribution in [0.25, 0.3) is 0 Å². The summed E-state index contributed by atoms with van der Waals surface area (Å²) in [4.78, 5) is 16.2. The van der Waals surface area contributed by atoms with Gasteiger partial charge >= 0.3 is 0 Å². The van der Waals surface area contributed by atoms with Gasteiger partial charge in [0.15, 0.2) is 0 Å². The van der Waals surface area contributed by atoms with Gasteiger partial charge in [-0.3, -0.25) is 4.79 Å². The first-order chi connectivity index (χ1) is 7.81. The molecule has 1 amide bonds. The van der Waals surface area contributed by atoms with Crippen LogP contribution in [0.3, 0.4) is 0 Å². The van der Waals surface area contributed by atoms with Crippen molar-refractivity contribution in [3.8, 4) is 0 Å². The Kier molecular flexibility index (Phi) is 2.99.